The third-order valence-electron chi connectivity index (χ3n) is 1.32. The lowest BCUT2D eigenvalue weighted by atomic mass is 10.9. The van der Waals surface area contributed by atoms with E-state index in [0.717, 1.165) is 5.33 Å². The van der Waals surface area contributed by atoms with E-state index in [-0.39, 0.29) is 0 Å². The van der Waals surface area contributed by atoms with Gasteiger partial charge in [0.15, 0.2) is 0 Å². The fourth-order valence-electron chi connectivity index (χ4n) is 0.944. The van der Waals surface area contributed by atoms with Gasteiger partial charge in [0.2, 0.25) is 0 Å². The molecule has 0 aliphatic carbocycles. The van der Waals surface area contributed by atoms with Gasteiger partial charge in [0, 0.05) is 25.2 Å². The Hall–Kier alpha value is 0.537. The van der Waals surface area contributed by atoms with E-state index in [0.29, 0.717) is 26.4 Å². The summed E-state index contributed by atoms with van der Waals surface area (Å²) in [5.41, 5.74) is 0. The van der Waals surface area contributed by atoms with E-state index in [1.54, 1.807) is 0 Å². The molecule has 0 aromatic rings. The van der Waals surface area contributed by atoms with Gasteiger partial charge in [-0.05, 0) is 20.8 Å². The van der Waals surface area contributed by atoms with Gasteiger partial charge in [-0.15, -0.1) is 0 Å². The molecule has 0 aromatic heterocycles. The normalized spacial score (nSPS) is 12.0. The second-order valence-electron chi connectivity index (χ2n) is 2.34. The van der Waals surface area contributed by atoms with Gasteiger partial charge in [-0.1, -0.05) is 15.9 Å². The maximum Gasteiger partial charge on any atom is 0.679 e. The molecule has 0 amide bonds. The highest BCUT2D eigenvalue weighted by Crippen LogP contribution is 2.11. The predicted molar refractivity (Wildman–Crippen MR) is 60.4 cm³/mol. The van der Waals surface area contributed by atoms with Crippen LogP contribution in [-0.2, 0) is 17.7 Å². The summed E-state index contributed by atoms with van der Waals surface area (Å²) < 4.78 is 21.9. The fraction of sp³-hybridized carbons (Fsp3) is 1.00. The van der Waals surface area contributed by atoms with Gasteiger partial charge in [0.25, 0.3) is 0 Å². The summed E-state index contributed by atoms with van der Waals surface area (Å²) in [6.07, 6.45) is 0. The van der Waals surface area contributed by atoms with Crippen LogP contribution in [0.15, 0.2) is 0 Å². The molecule has 14 heavy (non-hydrogen) atoms. The summed E-state index contributed by atoms with van der Waals surface area (Å²) in [4.78, 5) is 0. The van der Waals surface area contributed by atoms with E-state index in [4.69, 9.17) is 17.7 Å². The zero-order chi connectivity index (χ0) is 10.9. The van der Waals surface area contributed by atoms with Crippen molar-refractivity contribution in [2.24, 2.45) is 0 Å². The zero-order valence-corrected chi connectivity index (χ0v) is 11.6. The van der Waals surface area contributed by atoms with Crippen LogP contribution in [0.2, 0.25) is 0 Å². The summed E-state index contributed by atoms with van der Waals surface area (Å²) in [5.74, 6) is 0. The zero-order valence-electron chi connectivity index (χ0n) is 9.05. The van der Waals surface area contributed by atoms with Crippen LogP contribution in [0, 0.1) is 0 Å². The third kappa shape index (κ3) is 5.43. The largest absolute Gasteiger partial charge is 0.679 e. The minimum absolute atomic E-state index is 0.534. The highest BCUT2D eigenvalue weighted by molar-refractivity contribution is 9.09. The summed E-state index contributed by atoms with van der Waals surface area (Å²) in [6.45, 7) is 7.84. The average molecular weight is 287 g/mol. The molecule has 0 bridgehead atoms. The molecule has 0 fully saturated rings. The van der Waals surface area contributed by atoms with Crippen molar-refractivity contribution < 1.29 is 17.7 Å². The minimum atomic E-state index is -2.85. The van der Waals surface area contributed by atoms with E-state index in [2.05, 4.69) is 15.9 Å². The van der Waals surface area contributed by atoms with Gasteiger partial charge in [0.05, 0.1) is 6.61 Å². The Bertz CT molecular complexity index is 119. The molecule has 0 spiro atoms. The van der Waals surface area contributed by atoms with E-state index < -0.39 is 9.05 Å². The van der Waals surface area contributed by atoms with Crippen LogP contribution >= 0.6 is 15.9 Å². The van der Waals surface area contributed by atoms with E-state index >= 15 is 0 Å². The SMILES string of the molecule is CCO[Si](OCC)(OCC)OCCBr. The second-order valence-corrected chi connectivity index (χ2v) is 5.28. The van der Waals surface area contributed by atoms with Gasteiger partial charge in [-0.2, -0.15) is 0 Å². The predicted octanol–water partition coefficient (Wildman–Crippen LogP) is 1.94. The van der Waals surface area contributed by atoms with Crippen LogP contribution in [0.1, 0.15) is 20.8 Å². The van der Waals surface area contributed by atoms with Crippen LogP contribution in [-0.4, -0.2) is 40.8 Å². The second kappa shape index (κ2) is 8.81. The standard InChI is InChI=1S/C8H19BrO4Si/c1-4-10-14(11-5-2,12-6-3)13-8-7-9/h4-8H2,1-3H3. The molecule has 0 rings (SSSR count). The Labute approximate surface area is 95.5 Å². The molecule has 86 valence electrons. The first kappa shape index (κ1) is 14.5. The highest BCUT2D eigenvalue weighted by Gasteiger charge is 2.44. The van der Waals surface area contributed by atoms with Crippen LogP contribution in [0.3, 0.4) is 0 Å². The first-order valence-electron chi connectivity index (χ1n) is 4.86. The van der Waals surface area contributed by atoms with E-state index in [1.165, 1.54) is 0 Å². The molecule has 0 N–H and O–H groups in total. The molecule has 0 aliphatic rings. The molecule has 0 unspecified atom stereocenters. The lowest BCUT2D eigenvalue weighted by Crippen LogP contribution is -2.49. The van der Waals surface area contributed by atoms with E-state index in [9.17, 15) is 0 Å². The van der Waals surface area contributed by atoms with Gasteiger partial charge >= 0.3 is 9.05 Å². The Morgan fingerprint density at radius 3 is 1.57 bits per heavy atom. The van der Waals surface area contributed by atoms with Gasteiger partial charge in [-0.25, -0.2) is 0 Å². The van der Waals surface area contributed by atoms with Crippen molar-refractivity contribution in [1.29, 1.82) is 0 Å². The molecule has 0 heterocycles. The van der Waals surface area contributed by atoms with Crippen LogP contribution < -0.4 is 0 Å². The summed E-state index contributed by atoms with van der Waals surface area (Å²) in [7, 11) is -2.85. The minimum Gasteiger partial charge on any atom is -0.351 e. The van der Waals surface area contributed by atoms with Gasteiger partial charge in [-0.3, -0.25) is 0 Å². The molecule has 0 radical (unpaired) electrons. The highest BCUT2D eigenvalue weighted by atomic mass is 79.9. The van der Waals surface area contributed by atoms with Gasteiger partial charge in [0.1, 0.15) is 0 Å². The summed E-state index contributed by atoms with van der Waals surface area (Å²) in [6, 6.07) is 0. The molecule has 0 aromatic carbocycles. The van der Waals surface area contributed by atoms with Crippen LogP contribution in [0.4, 0.5) is 0 Å². The summed E-state index contributed by atoms with van der Waals surface area (Å²) >= 11 is 3.29. The summed E-state index contributed by atoms with van der Waals surface area (Å²) in [5, 5.41) is 0.745. The monoisotopic (exact) mass is 286 g/mol. The molecule has 0 atom stereocenters. The van der Waals surface area contributed by atoms with E-state index in [1.807, 2.05) is 20.8 Å². The quantitative estimate of drug-likeness (QED) is 0.480. The number of rotatable bonds is 9. The Kier molecular flexibility index (Phi) is 9.15. The van der Waals surface area contributed by atoms with Crippen molar-refractivity contribution in [1.82, 2.24) is 0 Å². The number of hydrogen-bond acceptors (Lipinski definition) is 4. The molecule has 4 nitrogen and oxygen atoms in total. The molecule has 0 saturated carbocycles. The Morgan fingerprint density at radius 2 is 1.29 bits per heavy atom. The van der Waals surface area contributed by atoms with Crippen molar-refractivity contribution in [3.05, 3.63) is 0 Å². The van der Waals surface area contributed by atoms with Crippen molar-refractivity contribution in [3.8, 4) is 0 Å². The molecule has 0 aliphatic heterocycles. The molecule has 6 heteroatoms. The Balaban J connectivity index is 4.21. The molecular formula is C8H19BrO4Si. The first-order valence-corrected chi connectivity index (χ1v) is 7.61. The lowest BCUT2D eigenvalue weighted by molar-refractivity contribution is -0.0240. The Morgan fingerprint density at radius 1 is 0.857 bits per heavy atom. The van der Waals surface area contributed by atoms with Gasteiger partial charge < -0.3 is 17.7 Å². The van der Waals surface area contributed by atoms with Crippen molar-refractivity contribution in [2.45, 2.75) is 20.8 Å². The smallest absolute Gasteiger partial charge is 0.351 e. The van der Waals surface area contributed by atoms with Crippen LogP contribution in [0.5, 0.6) is 0 Å². The first-order chi connectivity index (χ1) is 6.74. The maximum absolute atomic E-state index is 5.53. The van der Waals surface area contributed by atoms with Crippen molar-refractivity contribution in [2.75, 3.05) is 31.8 Å². The topological polar surface area (TPSA) is 36.9 Å². The molecular weight excluding hydrogens is 268 g/mol. The maximum atomic E-state index is 5.53. The van der Waals surface area contributed by atoms with Crippen molar-refractivity contribution in [3.63, 3.8) is 0 Å². The van der Waals surface area contributed by atoms with Crippen molar-refractivity contribution >= 4 is 25.0 Å². The average Bonchev–Trinajstić information content (AvgIpc) is 2.16. The van der Waals surface area contributed by atoms with Crippen LogP contribution in [0.25, 0.3) is 0 Å². The third-order valence-corrected chi connectivity index (χ3v) is 4.13. The number of halogens is 1. The fourth-order valence-corrected chi connectivity index (χ4v) is 3.32. The number of alkyl halides is 1. The lowest BCUT2D eigenvalue weighted by Gasteiger charge is -2.26. The molecule has 0 saturated heterocycles. The number of hydrogen-bond donors (Lipinski definition) is 0.